The quantitative estimate of drug-likeness (QED) is 0.466. The highest BCUT2D eigenvalue weighted by atomic mass is 32.2. The SMILES string of the molecule is CC(C)(C)c1ccc(CC(C(N)=O)(c2ccc(F)cc2)N2CCCc3cccc(S(=O)(=O)O)c32)cc1. The Balaban J connectivity index is 1.97. The number of rotatable bonds is 6. The Hall–Kier alpha value is -3.23. The minimum atomic E-state index is -4.60. The van der Waals surface area contributed by atoms with E-state index in [2.05, 4.69) is 20.8 Å². The number of amides is 1. The van der Waals surface area contributed by atoms with E-state index >= 15 is 0 Å². The lowest BCUT2D eigenvalue weighted by Crippen LogP contribution is -2.58. The molecule has 0 aromatic heterocycles. The van der Waals surface area contributed by atoms with Crippen molar-refractivity contribution in [3.05, 3.63) is 94.8 Å². The normalized spacial score (nSPS) is 15.8. The maximum Gasteiger partial charge on any atom is 0.296 e. The Morgan fingerprint density at radius 3 is 2.17 bits per heavy atom. The fraction of sp³-hybridized carbons (Fsp3) is 0.321. The van der Waals surface area contributed by atoms with Crippen LogP contribution >= 0.6 is 0 Å². The second-order valence-corrected chi connectivity index (χ2v) is 11.7. The van der Waals surface area contributed by atoms with Crippen LogP contribution in [0.1, 0.15) is 49.4 Å². The van der Waals surface area contributed by atoms with Crippen LogP contribution in [-0.4, -0.2) is 25.4 Å². The van der Waals surface area contributed by atoms with Gasteiger partial charge in [-0.25, -0.2) is 4.39 Å². The average molecular weight is 511 g/mol. The van der Waals surface area contributed by atoms with E-state index in [-0.39, 0.29) is 22.4 Å². The highest BCUT2D eigenvalue weighted by Crippen LogP contribution is 2.43. The van der Waals surface area contributed by atoms with Crippen molar-refractivity contribution in [1.29, 1.82) is 0 Å². The van der Waals surface area contributed by atoms with Crippen LogP contribution in [-0.2, 0) is 38.7 Å². The third kappa shape index (κ3) is 4.75. The molecule has 1 aliphatic rings. The van der Waals surface area contributed by atoms with Crippen LogP contribution in [0, 0.1) is 5.82 Å². The Morgan fingerprint density at radius 1 is 1.00 bits per heavy atom. The Morgan fingerprint density at radius 2 is 1.61 bits per heavy atom. The summed E-state index contributed by atoms with van der Waals surface area (Å²) in [5.41, 5.74) is 7.86. The Kier molecular flexibility index (Phi) is 6.70. The van der Waals surface area contributed by atoms with E-state index < -0.39 is 27.4 Å². The van der Waals surface area contributed by atoms with Crippen LogP contribution in [0.3, 0.4) is 0 Å². The second-order valence-electron chi connectivity index (χ2n) is 10.3. The van der Waals surface area contributed by atoms with Crippen molar-refractivity contribution in [3.8, 4) is 0 Å². The average Bonchev–Trinajstić information content (AvgIpc) is 2.81. The molecule has 190 valence electrons. The molecule has 6 nitrogen and oxygen atoms in total. The number of benzene rings is 3. The predicted octanol–water partition coefficient (Wildman–Crippen LogP) is 4.75. The number of anilines is 1. The van der Waals surface area contributed by atoms with Crippen molar-refractivity contribution in [2.24, 2.45) is 5.73 Å². The van der Waals surface area contributed by atoms with E-state index in [1.54, 1.807) is 17.0 Å². The summed E-state index contributed by atoms with van der Waals surface area (Å²) in [4.78, 5) is 14.9. The number of nitrogens with two attached hydrogens (primary N) is 1. The largest absolute Gasteiger partial charge is 0.367 e. The molecule has 0 aliphatic carbocycles. The zero-order valence-corrected chi connectivity index (χ0v) is 21.5. The van der Waals surface area contributed by atoms with E-state index in [9.17, 15) is 22.2 Å². The van der Waals surface area contributed by atoms with Gasteiger partial charge in [0.25, 0.3) is 10.1 Å². The summed E-state index contributed by atoms with van der Waals surface area (Å²) in [5.74, 6) is -1.17. The van der Waals surface area contributed by atoms with Crippen LogP contribution in [0.25, 0.3) is 0 Å². The van der Waals surface area contributed by atoms with Gasteiger partial charge in [-0.15, -0.1) is 0 Å². The van der Waals surface area contributed by atoms with Gasteiger partial charge in [0.1, 0.15) is 16.3 Å². The first-order chi connectivity index (χ1) is 16.8. The van der Waals surface area contributed by atoms with Crippen LogP contribution in [0.2, 0.25) is 0 Å². The maximum atomic E-state index is 13.9. The van der Waals surface area contributed by atoms with Gasteiger partial charge in [0, 0.05) is 13.0 Å². The lowest BCUT2D eigenvalue weighted by molar-refractivity contribution is -0.123. The number of halogens is 1. The molecule has 0 spiro atoms. The van der Waals surface area contributed by atoms with Gasteiger partial charge >= 0.3 is 0 Å². The molecule has 4 rings (SSSR count). The van der Waals surface area contributed by atoms with Crippen LogP contribution in [0.15, 0.2) is 71.6 Å². The summed E-state index contributed by atoms with van der Waals surface area (Å²) in [6.07, 6.45) is 1.34. The van der Waals surface area contributed by atoms with E-state index in [0.29, 0.717) is 30.5 Å². The third-order valence-corrected chi connectivity index (χ3v) is 7.81. The summed E-state index contributed by atoms with van der Waals surface area (Å²) in [6.45, 7) is 6.64. The molecule has 0 saturated carbocycles. The predicted molar refractivity (Wildman–Crippen MR) is 138 cm³/mol. The van der Waals surface area contributed by atoms with E-state index in [4.69, 9.17) is 5.73 Å². The first-order valence-corrected chi connectivity index (χ1v) is 13.3. The standard InChI is InChI=1S/C28H31FN2O4S/c1-27(2,3)21-11-9-19(10-12-21)18-28(26(30)32,22-13-15-23(29)16-14-22)31-17-5-7-20-6-4-8-24(25(20)31)36(33,34)35/h4,6,8-16H,5,7,17-18H2,1-3H3,(H2,30,32)(H,33,34,35). The van der Waals surface area contributed by atoms with Gasteiger partial charge in [-0.05, 0) is 58.7 Å². The third-order valence-electron chi connectivity index (χ3n) is 6.93. The maximum absolute atomic E-state index is 13.9. The lowest BCUT2D eigenvalue weighted by Gasteiger charge is -2.47. The molecule has 1 unspecified atom stereocenters. The molecule has 36 heavy (non-hydrogen) atoms. The second kappa shape index (κ2) is 9.33. The lowest BCUT2D eigenvalue weighted by atomic mass is 9.78. The van der Waals surface area contributed by atoms with Gasteiger partial charge in [-0.2, -0.15) is 8.42 Å². The fourth-order valence-electron chi connectivity index (χ4n) is 5.06. The molecule has 0 saturated heterocycles. The molecule has 1 atom stereocenters. The van der Waals surface area contributed by atoms with Gasteiger partial charge < -0.3 is 10.6 Å². The van der Waals surface area contributed by atoms with Gasteiger partial charge in [-0.1, -0.05) is 69.3 Å². The van der Waals surface area contributed by atoms with Crippen LogP contribution in [0.5, 0.6) is 0 Å². The number of hydrogen-bond acceptors (Lipinski definition) is 4. The summed E-state index contributed by atoms with van der Waals surface area (Å²) >= 11 is 0. The monoisotopic (exact) mass is 510 g/mol. The molecule has 1 amide bonds. The molecular weight excluding hydrogens is 479 g/mol. The van der Waals surface area contributed by atoms with Crippen LogP contribution < -0.4 is 10.6 Å². The fourth-order valence-corrected chi connectivity index (χ4v) is 5.80. The van der Waals surface area contributed by atoms with Crippen molar-refractivity contribution in [2.45, 2.75) is 55.9 Å². The smallest absolute Gasteiger partial charge is 0.296 e. The number of aryl methyl sites for hydroxylation is 1. The molecule has 1 heterocycles. The van der Waals surface area contributed by atoms with E-state index in [1.165, 1.54) is 30.3 Å². The molecule has 0 radical (unpaired) electrons. The number of hydrogen-bond donors (Lipinski definition) is 2. The number of nitrogens with zero attached hydrogens (tertiary/aromatic N) is 1. The molecule has 0 bridgehead atoms. The van der Waals surface area contributed by atoms with Gasteiger partial charge in [-0.3, -0.25) is 9.35 Å². The molecule has 3 aromatic carbocycles. The van der Waals surface area contributed by atoms with Gasteiger partial charge in [0.05, 0.1) is 5.69 Å². The summed E-state index contributed by atoms with van der Waals surface area (Å²) in [5, 5.41) is 0. The summed E-state index contributed by atoms with van der Waals surface area (Å²) in [7, 11) is -4.60. The molecule has 1 aliphatic heterocycles. The number of primary amides is 1. The van der Waals surface area contributed by atoms with Gasteiger partial charge in [0.15, 0.2) is 0 Å². The summed E-state index contributed by atoms with van der Waals surface area (Å²) in [6, 6.07) is 18.1. The minimum absolute atomic E-state index is 0.0630. The van der Waals surface area contributed by atoms with E-state index in [0.717, 1.165) is 11.1 Å². The summed E-state index contributed by atoms with van der Waals surface area (Å²) < 4.78 is 48.7. The topological polar surface area (TPSA) is 101 Å². The van der Waals surface area contributed by atoms with Crippen molar-refractivity contribution in [1.82, 2.24) is 0 Å². The molecule has 8 heteroatoms. The molecule has 3 aromatic rings. The Labute approximate surface area is 211 Å². The number of carbonyl (C=O) groups is 1. The molecule has 0 fully saturated rings. The van der Waals surface area contributed by atoms with Crippen molar-refractivity contribution in [3.63, 3.8) is 0 Å². The van der Waals surface area contributed by atoms with Crippen molar-refractivity contribution < 1.29 is 22.2 Å². The van der Waals surface area contributed by atoms with Crippen molar-refractivity contribution >= 4 is 21.7 Å². The zero-order valence-electron chi connectivity index (χ0n) is 20.7. The van der Waals surface area contributed by atoms with Crippen LogP contribution in [0.4, 0.5) is 10.1 Å². The first-order valence-electron chi connectivity index (χ1n) is 11.9. The zero-order chi connectivity index (χ0) is 26.3. The highest BCUT2D eigenvalue weighted by Gasteiger charge is 2.47. The minimum Gasteiger partial charge on any atom is -0.367 e. The first kappa shape index (κ1) is 25.9. The number of para-hydroxylation sites is 1. The molecular formula is C28H31FN2O4S. The van der Waals surface area contributed by atoms with Crippen molar-refractivity contribution in [2.75, 3.05) is 11.4 Å². The number of fused-ring (bicyclic) bond motifs is 1. The van der Waals surface area contributed by atoms with E-state index in [1.807, 2.05) is 24.3 Å². The highest BCUT2D eigenvalue weighted by molar-refractivity contribution is 7.86. The molecule has 3 N–H and O–H groups in total. The Bertz CT molecular complexity index is 1380. The van der Waals surface area contributed by atoms with Gasteiger partial charge in [0.2, 0.25) is 5.91 Å². The number of carbonyl (C=O) groups excluding carboxylic acids is 1.